The van der Waals surface area contributed by atoms with Crippen LogP contribution in [0.1, 0.15) is 15.9 Å². The largest absolute Gasteiger partial charge is 0.377 e. The predicted octanol–water partition coefficient (Wildman–Crippen LogP) is 2.33. The molecule has 0 bridgehead atoms. The van der Waals surface area contributed by atoms with Gasteiger partial charge in [-0.3, -0.25) is 25.0 Å². The quantitative estimate of drug-likeness (QED) is 0.479. The standard InChI is InChI=1S/C16H15N5O5/c1-19(2)14-8-7-12(20(23)24)9-11(14)10-17-18-16(22)13-5-3-4-6-15(13)21(25)26/h3-10H,1-2H3,(H,18,22)/b17-10-. The maximum atomic E-state index is 12.1. The summed E-state index contributed by atoms with van der Waals surface area (Å²) in [5.41, 5.74) is 2.65. The fourth-order valence-corrected chi connectivity index (χ4v) is 2.21. The number of hydrazone groups is 1. The summed E-state index contributed by atoms with van der Waals surface area (Å²) in [5.74, 6) is -0.759. The highest BCUT2D eigenvalue weighted by atomic mass is 16.6. The summed E-state index contributed by atoms with van der Waals surface area (Å²) < 4.78 is 0. The van der Waals surface area contributed by atoms with Crippen LogP contribution < -0.4 is 10.3 Å². The molecule has 0 aromatic heterocycles. The van der Waals surface area contributed by atoms with E-state index in [1.165, 1.54) is 42.6 Å². The molecule has 26 heavy (non-hydrogen) atoms. The number of carbonyl (C=O) groups is 1. The zero-order valence-corrected chi connectivity index (χ0v) is 13.9. The molecular weight excluding hydrogens is 342 g/mol. The fourth-order valence-electron chi connectivity index (χ4n) is 2.21. The van der Waals surface area contributed by atoms with Gasteiger partial charge in [-0.25, -0.2) is 5.43 Å². The first-order valence-electron chi connectivity index (χ1n) is 7.34. The molecule has 0 aliphatic heterocycles. The first-order chi connectivity index (χ1) is 12.3. The van der Waals surface area contributed by atoms with E-state index in [1.54, 1.807) is 25.1 Å². The average Bonchev–Trinajstić information content (AvgIpc) is 2.61. The molecule has 2 aromatic carbocycles. The Labute approximate surface area is 148 Å². The van der Waals surface area contributed by atoms with Crippen molar-refractivity contribution in [2.24, 2.45) is 5.10 Å². The molecule has 0 saturated carbocycles. The smallest absolute Gasteiger partial charge is 0.282 e. The van der Waals surface area contributed by atoms with E-state index < -0.39 is 15.8 Å². The van der Waals surface area contributed by atoms with Crippen molar-refractivity contribution in [3.8, 4) is 0 Å². The van der Waals surface area contributed by atoms with Gasteiger partial charge in [0, 0.05) is 43.5 Å². The number of nitro benzene ring substituents is 2. The van der Waals surface area contributed by atoms with Gasteiger partial charge in [0.2, 0.25) is 0 Å². The zero-order valence-electron chi connectivity index (χ0n) is 13.9. The monoisotopic (exact) mass is 357 g/mol. The van der Waals surface area contributed by atoms with Crippen molar-refractivity contribution in [2.45, 2.75) is 0 Å². The van der Waals surface area contributed by atoms with Crippen LogP contribution in [0.4, 0.5) is 17.1 Å². The average molecular weight is 357 g/mol. The van der Waals surface area contributed by atoms with E-state index in [4.69, 9.17) is 0 Å². The number of nitro groups is 2. The van der Waals surface area contributed by atoms with E-state index in [0.717, 1.165) is 0 Å². The second-order valence-corrected chi connectivity index (χ2v) is 5.37. The Bertz CT molecular complexity index is 894. The van der Waals surface area contributed by atoms with Crippen LogP contribution in [0.2, 0.25) is 0 Å². The third-order valence-electron chi connectivity index (χ3n) is 3.42. The SMILES string of the molecule is CN(C)c1ccc([N+](=O)[O-])cc1/C=N\NC(=O)c1ccccc1[N+](=O)[O-]. The number of nitrogens with zero attached hydrogens (tertiary/aromatic N) is 4. The molecule has 0 spiro atoms. The first kappa shape index (κ1) is 18.5. The number of benzene rings is 2. The van der Waals surface area contributed by atoms with Crippen LogP contribution >= 0.6 is 0 Å². The molecule has 1 amide bonds. The lowest BCUT2D eigenvalue weighted by atomic mass is 10.1. The van der Waals surface area contributed by atoms with Gasteiger partial charge in [-0.15, -0.1) is 0 Å². The predicted molar refractivity (Wildman–Crippen MR) is 95.6 cm³/mol. The molecule has 0 fully saturated rings. The molecule has 2 rings (SSSR count). The minimum atomic E-state index is -0.759. The molecule has 134 valence electrons. The van der Waals surface area contributed by atoms with Crippen LogP contribution in [0.25, 0.3) is 0 Å². The first-order valence-corrected chi connectivity index (χ1v) is 7.34. The van der Waals surface area contributed by atoms with Gasteiger partial charge in [-0.1, -0.05) is 12.1 Å². The highest BCUT2D eigenvalue weighted by Crippen LogP contribution is 2.22. The number of non-ortho nitro benzene ring substituents is 1. The summed E-state index contributed by atoms with van der Waals surface area (Å²) >= 11 is 0. The molecule has 1 N–H and O–H groups in total. The number of hydrogen-bond acceptors (Lipinski definition) is 7. The van der Waals surface area contributed by atoms with Gasteiger partial charge in [-0.05, 0) is 12.1 Å². The zero-order chi connectivity index (χ0) is 19.3. The third-order valence-corrected chi connectivity index (χ3v) is 3.42. The molecule has 0 heterocycles. The number of para-hydroxylation sites is 1. The van der Waals surface area contributed by atoms with Crippen molar-refractivity contribution in [3.05, 3.63) is 73.8 Å². The summed E-state index contributed by atoms with van der Waals surface area (Å²) in [7, 11) is 3.51. The second kappa shape index (κ2) is 7.83. The lowest BCUT2D eigenvalue weighted by Crippen LogP contribution is -2.19. The normalized spacial score (nSPS) is 10.5. The summed E-state index contributed by atoms with van der Waals surface area (Å²) in [6, 6.07) is 9.70. The number of hydrogen-bond donors (Lipinski definition) is 1. The summed E-state index contributed by atoms with van der Waals surface area (Å²) in [6.45, 7) is 0. The van der Waals surface area contributed by atoms with Crippen LogP contribution in [0.3, 0.4) is 0 Å². The summed E-state index contributed by atoms with van der Waals surface area (Å²) in [6.07, 6.45) is 1.25. The topological polar surface area (TPSA) is 131 Å². The van der Waals surface area contributed by atoms with E-state index in [-0.39, 0.29) is 16.9 Å². The van der Waals surface area contributed by atoms with E-state index >= 15 is 0 Å². The minimum absolute atomic E-state index is 0.123. The summed E-state index contributed by atoms with van der Waals surface area (Å²) in [5, 5.41) is 25.6. The Morgan fingerprint density at radius 1 is 1.12 bits per heavy atom. The van der Waals surface area contributed by atoms with Crippen LogP contribution in [0.15, 0.2) is 47.6 Å². The van der Waals surface area contributed by atoms with E-state index in [9.17, 15) is 25.0 Å². The Morgan fingerprint density at radius 3 is 2.42 bits per heavy atom. The molecule has 0 saturated heterocycles. The second-order valence-electron chi connectivity index (χ2n) is 5.37. The Morgan fingerprint density at radius 2 is 1.81 bits per heavy atom. The van der Waals surface area contributed by atoms with E-state index in [0.29, 0.717) is 11.3 Å². The van der Waals surface area contributed by atoms with E-state index in [1.807, 2.05) is 0 Å². The number of anilines is 1. The van der Waals surface area contributed by atoms with Crippen molar-refractivity contribution in [1.82, 2.24) is 5.43 Å². The van der Waals surface area contributed by atoms with Crippen LogP contribution in [0, 0.1) is 20.2 Å². The van der Waals surface area contributed by atoms with Gasteiger partial charge in [0.15, 0.2) is 0 Å². The van der Waals surface area contributed by atoms with E-state index in [2.05, 4.69) is 10.5 Å². The van der Waals surface area contributed by atoms with Gasteiger partial charge < -0.3 is 4.90 Å². The Hall–Kier alpha value is -3.82. The maximum absolute atomic E-state index is 12.1. The van der Waals surface area contributed by atoms with Crippen molar-refractivity contribution >= 4 is 29.2 Å². The molecule has 0 unspecified atom stereocenters. The molecule has 0 aliphatic carbocycles. The molecule has 0 aliphatic rings. The van der Waals surface area contributed by atoms with Gasteiger partial charge in [-0.2, -0.15) is 5.10 Å². The molecule has 0 atom stereocenters. The Kier molecular flexibility index (Phi) is 5.58. The molecule has 0 radical (unpaired) electrons. The summed E-state index contributed by atoms with van der Waals surface area (Å²) in [4.78, 5) is 34.5. The third kappa shape index (κ3) is 4.17. The van der Waals surface area contributed by atoms with Crippen molar-refractivity contribution < 1.29 is 14.6 Å². The van der Waals surface area contributed by atoms with Gasteiger partial charge in [0.05, 0.1) is 16.1 Å². The Balaban J connectivity index is 2.25. The lowest BCUT2D eigenvalue weighted by molar-refractivity contribution is -0.385. The van der Waals surface area contributed by atoms with Gasteiger partial charge in [0.1, 0.15) is 5.56 Å². The molecule has 10 nitrogen and oxygen atoms in total. The van der Waals surface area contributed by atoms with Crippen molar-refractivity contribution in [2.75, 3.05) is 19.0 Å². The minimum Gasteiger partial charge on any atom is -0.377 e. The van der Waals surface area contributed by atoms with Crippen molar-refractivity contribution in [1.29, 1.82) is 0 Å². The van der Waals surface area contributed by atoms with Crippen LogP contribution in [-0.2, 0) is 0 Å². The van der Waals surface area contributed by atoms with Crippen LogP contribution in [0.5, 0.6) is 0 Å². The number of amides is 1. The molecule has 2 aromatic rings. The fraction of sp³-hybridized carbons (Fsp3) is 0.125. The highest BCUT2D eigenvalue weighted by Gasteiger charge is 2.18. The maximum Gasteiger partial charge on any atom is 0.282 e. The lowest BCUT2D eigenvalue weighted by Gasteiger charge is -2.14. The number of rotatable bonds is 6. The van der Waals surface area contributed by atoms with Gasteiger partial charge in [0.25, 0.3) is 17.3 Å². The molecular formula is C16H15N5O5. The van der Waals surface area contributed by atoms with Crippen molar-refractivity contribution in [3.63, 3.8) is 0 Å². The molecule has 10 heteroatoms. The van der Waals surface area contributed by atoms with Gasteiger partial charge >= 0.3 is 0 Å². The van der Waals surface area contributed by atoms with Crippen LogP contribution in [-0.4, -0.2) is 36.1 Å². The highest BCUT2D eigenvalue weighted by molar-refractivity contribution is 5.99. The number of carbonyl (C=O) groups excluding carboxylic acids is 1. The number of nitrogens with one attached hydrogen (secondary N) is 1.